The maximum absolute atomic E-state index is 12.0. The average molecular weight is 282 g/mol. The summed E-state index contributed by atoms with van der Waals surface area (Å²) in [6.07, 6.45) is 0.420. The van der Waals surface area contributed by atoms with Crippen molar-refractivity contribution in [2.45, 2.75) is 33.1 Å². The lowest BCUT2D eigenvalue weighted by Gasteiger charge is -2.14. The fraction of sp³-hybridized carbons (Fsp3) is 0.316. The SMILES string of the molecule is Cc1ccc(C(C)C)c(OCC(=O)Cc2ccccc2)c1. The smallest absolute Gasteiger partial charge is 0.174 e. The number of aryl methyl sites for hydroxylation is 1. The van der Waals surface area contributed by atoms with Crippen LogP contribution in [0.2, 0.25) is 0 Å². The maximum atomic E-state index is 12.0. The lowest BCUT2D eigenvalue weighted by molar-refractivity contribution is -0.120. The molecule has 0 saturated carbocycles. The van der Waals surface area contributed by atoms with E-state index >= 15 is 0 Å². The summed E-state index contributed by atoms with van der Waals surface area (Å²) >= 11 is 0. The van der Waals surface area contributed by atoms with Crippen LogP contribution in [0.1, 0.15) is 36.5 Å². The van der Waals surface area contributed by atoms with Crippen molar-refractivity contribution in [2.75, 3.05) is 6.61 Å². The normalized spacial score (nSPS) is 10.7. The summed E-state index contributed by atoms with van der Waals surface area (Å²) in [6.45, 7) is 6.41. The molecule has 0 heterocycles. The van der Waals surface area contributed by atoms with Crippen LogP contribution in [0.3, 0.4) is 0 Å². The molecule has 0 atom stereocenters. The summed E-state index contributed by atoms with van der Waals surface area (Å²) in [7, 11) is 0. The van der Waals surface area contributed by atoms with Crippen molar-refractivity contribution in [2.24, 2.45) is 0 Å². The number of rotatable bonds is 6. The highest BCUT2D eigenvalue weighted by molar-refractivity contribution is 5.82. The van der Waals surface area contributed by atoms with Gasteiger partial charge in [0.1, 0.15) is 12.4 Å². The van der Waals surface area contributed by atoms with Crippen LogP contribution in [0.15, 0.2) is 48.5 Å². The molecule has 0 fully saturated rings. The van der Waals surface area contributed by atoms with Gasteiger partial charge in [-0.2, -0.15) is 0 Å². The molecule has 2 aromatic carbocycles. The molecule has 0 aliphatic rings. The molecule has 2 nitrogen and oxygen atoms in total. The summed E-state index contributed by atoms with van der Waals surface area (Å²) < 4.78 is 5.76. The average Bonchev–Trinajstić information content (AvgIpc) is 2.46. The van der Waals surface area contributed by atoms with Gasteiger partial charge in [-0.25, -0.2) is 0 Å². The number of benzene rings is 2. The Morgan fingerprint density at radius 1 is 1.10 bits per heavy atom. The van der Waals surface area contributed by atoms with Gasteiger partial charge in [-0.3, -0.25) is 4.79 Å². The highest BCUT2D eigenvalue weighted by atomic mass is 16.5. The van der Waals surface area contributed by atoms with Gasteiger partial charge >= 0.3 is 0 Å². The molecular formula is C19H22O2. The Balaban J connectivity index is 1.99. The highest BCUT2D eigenvalue weighted by Crippen LogP contribution is 2.27. The van der Waals surface area contributed by atoms with Crippen LogP contribution in [0.25, 0.3) is 0 Å². The molecule has 0 N–H and O–H groups in total. The molecule has 0 bridgehead atoms. The second-order valence-electron chi connectivity index (χ2n) is 5.69. The summed E-state index contributed by atoms with van der Waals surface area (Å²) in [5.41, 5.74) is 3.32. The minimum absolute atomic E-state index is 0.0948. The number of ether oxygens (including phenoxy) is 1. The van der Waals surface area contributed by atoms with Crippen LogP contribution in [0.4, 0.5) is 0 Å². The van der Waals surface area contributed by atoms with E-state index in [-0.39, 0.29) is 12.4 Å². The van der Waals surface area contributed by atoms with Crippen molar-refractivity contribution >= 4 is 5.78 Å². The van der Waals surface area contributed by atoms with E-state index in [4.69, 9.17) is 4.74 Å². The van der Waals surface area contributed by atoms with E-state index in [1.807, 2.05) is 43.3 Å². The van der Waals surface area contributed by atoms with Crippen molar-refractivity contribution in [3.05, 3.63) is 65.2 Å². The van der Waals surface area contributed by atoms with E-state index in [0.29, 0.717) is 12.3 Å². The molecule has 110 valence electrons. The van der Waals surface area contributed by atoms with Gasteiger partial charge in [0.15, 0.2) is 5.78 Å². The van der Waals surface area contributed by atoms with E-state index in [0.717, 1.165) is 22.4 Å². The number of hydrogen-bond acceptors (Lipinski definition) is 2. The minimum Gasteiger partial charge on any atom is -0.486 e. The standard InChI is InChI=1S/C19H22O2/c1-14(2)18-10-9-15(3)11-19(18)21-13-17(20)12-16-7-5-4-6-8-16/h4-11,14H,12-13H2,1-3H3. The summed E-state index contributed by atoms with van der Waals surface area (Å²) in [4.78, 5) is 12.0. The molecule has 2 rings (SSSR count). The second-order valence-corrected chi connectivity index (χ2v) is 5.69. The fourth-order valence-corrected chi connectivity index (χ4v) is 2.28. The molecule has 0 aliphatic heterocycles. The van der Waals surface area contributed by atoms with Crippen molar-refractivity contribution in [3.8, 4) is 5.75 Å². The van der Waals surface area contributed by atoms with Gasteiger partial charge in [-0.1, -0.05) is 56.3 Å². The Labute approximate surface area is 126 Å². The topological polar surface area (TPSA) is 26.3 Å². The van der Waals surface area contributed by atoms with E-state index in [9.17, 15) is 4.79 Å². The number of Topliss-reactive ketones (excluding diaryl/α,β-unsaturated/α-hetero) is 1. The Morgan fingerprint density at radius 3 is 2.48 bits per heavy atom. The van der Waals surface area contributed by atoms with Crippen molar-refractivity contribution in [1.82, 2.24) is 0 Å². The molecule has 0 spiro atoms. The highest BCUT2D eigenvalue weighted by Gasteiger charge is 2.10. The summed E-state index contributed by atoms with van der Waals surface area (Å²) in [5.74, 6) is 1.30. The van der Waals surface area contributed by atoms with E-state index in [1.165, 1.54) is 0 Å². The molecule has 0 saturated heterocycles. The Kier molecular flexibility index (Phi) is 5.15. The molecule has 2 aromatic rings. The zero-order valence-electron chi connectivity index (χ0n) is 12.9. The third-order valence-electron chi connectivity index (χ3n) is 3.42. The predicted octanol–water partition coefficient (Wildman–Crippen LogP) is 4.31. The number of hydrogen-bond donors (Lipinski definition) is 0. The third kappa shape index (κ3) is 4.45. The van der Waals surface area contributed by atoms with Crippen LogP contribution >= 0.6 is 0 Å². The largest absolute Gasteiger partial charge is 0.486 e. The minimum atomic E-state index is 0.0948. The van der Waals surface area contributed by atoms with Gasteiger partial charge < -0.3 is 4.74 Å². The Bertz CT molecular complexity index is 600. The third-order valence-corrected chi connectivity index (χ3v) is 3.42. The zero-order valence-corrected chi connectivity index (χ0v) is 12.9. The van der Waals surface area contributed by atoms with Gasteiger partial charge in [0.25, 0.3) is 0 Å². The van der Waals surface area contributed by atoms with Crippen LogP contribution in [0.5, 0.6) is 5.75 Å². The molecule has 0 radical (unpaired) electrons. The van der Waals surface area contributed by atoms with Crippen molar-refractivity contribution in [1.29, 1.82) is 0 Å². The molecular weight excluding hydrogens is 260 g/mol. The van der Waals surface area contributed by atoms with Gasteiger partial charge in [-0.05, 0) is 35.6 Å². The second kappa shape index (κ2) is 7.07. The van der Waals surface area contributed by atoms with E-state index in [2.05, 4.69) is 26.0 Å². The first-order valence-corrected chi connectivity index (χ1v) is 7.35. The number of carbonyl (C=O) groups excluding carboxylic acids is 1. The van der Waals surface area contributed by atoms with Crippen molar-refractivity contribution < 1.29 is 9.53 Å². The predicted molar refractivity (Wildman–Crippen MR) is 85.9 cm³/mol. The molecule has 0 unspecified atom stereocenters. The fourth-order valence-electron chi connectivity index (χ4n) is 2.28. The van der Waals surface area contributed by atoms with Gasteiger partial charge in [0.2, 0.25) is 0 Å². The van der Waals surface area contributed by atoms with E-state index < -0.39 is 0 Å². The zero-order chi connectivity index (χ0) is 15.2. The summed E-state index contributed by atoms with van der Waals surface area (Å²) in [5, 5.41) is 0. The molecule has 2 heteroatoms. The van der Waals surface area contributed by atoms with E-state index in [1.54, 1.807) is 0 Å². The van der Waals surface area contributed by atoms with Crippen LogP contribution in [0, 0.1) is 6.92 Å². The first-order valence-electron chi connectivity index (χ1n) is 7.35. The Hall–Kier alpha value is -2.09. The molecule has 0 aliphatic carbocycles. The Morgan fingerprint density at radius 2 is 1.81 bits per heavy atom. The van der Waals surface area contributed by atoms with Crippen molar-refractivity contribution in [3.63, 3.8) is 0 Å². The quantitative estimate of drug-likeness (QED) is 0.789. The maximum Gasteiger partial charge on any atom is 0.174 e. The monoisotopic (exact) mass is 282 g/mol. The van der Waals surface area contributed by atoms with Gasteiger partial charge in [0.05, 0.1) is 0 Å². The van der Waals surface area contributed by atoms with Crippen LogP contribution in [-0.2, 0) is 11.2 Å². The molecule has 0 amide bonds. The molecule has 0 aromatic heterocycles. The first-order chi connectivity index (χ1) is 10.1. The van der Waals surface area contributed by atoms with Gasteiger partial charge in [-0.15, -0.1) is 0 Å². The lowest BCUT2D eigenvalue weighted by Crippen LogP contribution is -2.14. The number of carbonyl (C=O) groups is 1. The van der Waals surface area contributed by atoms with Gasteiger partial charge in [0, 0.05) is 6.42 Å². The van der Waals surface area contributed by atoms with Crippen LogP contribution in [-0.4, -0.2) is 12.4 Å². The number of ketones is 1. The van der Waals surface area contributed by atoms with Crippen LogP contribution < -0.4 is 4.74 Å². The first kappa shape index (κ1) is 15.3. The molecule has 21 heavy (non-hydrogen) atoms. The lowest BCUT2D eigenvalue weighted by atomic mass is 10.0. The summed E-state index contributed by atoms with van der Waals surface area (Å²) in [6, 6.07) is 15.9.